The Labute approximate surface area is 143 Å². The first-order valence-corrected chi connectivity index (χ1v) is 9.19. The van der Waals surface area contributed by atoms with Gasteiger partial charge in [0.25, 0.3) is 5.91 Å². The van der Waals surface area contributed by atoms with Crippen molar-refractivity contribution in [1.29, 1.82) is 0 Å². The van der Waals surface area contributed by atoms with E-state index in [2.05, 4.69) is 4.98 Å². The summed E-state index contributed by atoms with van der Waals surface area (Å²) >= 11 is 0. The number of likely N-dealkylation sites (tertiary alicyclic amines) is 1. The molecule has 0 N–H and O–H groups in total. The Kier molecular flexibility index (Phi) is 4.55. The van der Waals surface area contributed by atoms with Crippen LogP contribution in [-0.2, 0) is 9.47 Å². The van der Waals surface area contributed by atoms with Crippen molar-refractivity contribution in [3.8, 4) is 0 Å². The van der Waals surface area contributed by atoms with Gasteiger partial charge in [-0.1, -0.05) is 0 Å². The molecule has 130 valence electrons. The first-order valence-electron chi connectivity index (χ1n) is 9.19. The van der Waals surface area contributed by atoms with Gasteiger partial charge in [-0.15, -0.1) is 0 Å². The minimum atomic E-state index is -0.0851. The van der Waals surface area contributed by atoms with Crippen molar-refractivity contribution in [2.45, 2.75) is 50.2 Å². The average molecular weight is 330 g/mol. The lowest BCUT2D eigenvalue weighted by molar-refractivity contribution is -0.153. The van der Waals surface area contributed by atoms with Gasteiger partial charge in [0.05, 0.1) is 17.3 Å². The highest BCUT2D eigenvalue weighted by molar-refractivity contribution is 5.93. The highest BCUT2D eigenvalue weighted by Gasteiger charge is 2.42. The third kappa shape index (κ3) is 3.62. The molecule has 5 heteroatoms. The molecule has 24 heavy (non-hydrogen) atoms. The van der Waals surface area contributed by atoms with Gasteiger partial charge in [0, 0.05) is 45.1 Å². The van der Waals surface area contributed by atoms with Crippen molar-refractivity contribution in [3.63, 3.8) is 0 Å². The summed E-state index contributed by atoms with van der Waals surface area (Å²) in [6, 6.07) is 3.64. The van der Waals surface area contributed by atoms with Crippen molar-refractivity contribution >= 4 is 5.91 Å². The lowest BCUT2D eigenvalue weighted by Crippen LogP contribution is -2.52. The van der Waals surface area contributed by atoms with E-state index in [1.165, 1.54) is 12.8 Å². The average Bonchev–Trinajstić information content (AvgIpc) is 3.46. The number of rotatable bonds is 4. The molecule has 1 spiro atoms. The number of nitrogens with zero attached hydrogens (tertiary/aromatic N) is 2. The van der Waals surface area contributed by atoms with Crippen LogP contribution in [0, 0.1) is 5.92 Å². The van der Waals surface area contributed by atoms with Crippen molar-refractivity contribution in [2.75, 3.05) is 26.3 Å². The summed E-state index contributed by atoms with van der Waals surface area (Å²) in [4.78, 5) is 18.5. The second-order valence-electron chi connectivity index (χ2n) is 7.46. The van der Waals surface area contributed by atoms with Crippen LogP contribution < -0.4 is 0 Å². The van der Waals surface area contributed by atoms with Gasteiger partial charge in [-0.25, -0.2) is 0 Å². The molecule has 2 aliphatic heterocycles. The zero-order valence-electron chi connectivity index (χ0n) is 14.2. The molecular weight excluding hydrogens is 304 g/mol. The summed E-state index contributed by atoms with van der Waals surface area (Å²) in [6.07, 6.45) is 10.1. The number of piperidine rings is 1. The Morgan fingerprint density at radius 2 is 2.17 bits per heavy atom. The Balaban J connectivity index is 1.32. The van der Waals surface area contributed by atoms with Crippen molar-refractivity contribution in [2.24, 2.45) is 5.92 Å². The quantitative estimate of drug-likeness (QED) is 0.852. The van der Waals surface area contributed by atoms with Crippen molar-refractivity contribution in [3.05, 3.63) is 30.1 Å². The number of hydrogen-bond acceptors (Lipinski definition) is 4. The predicted molar refractivity (Wildman–Crippen MR) is 89.8 cm³/mol. The van der Waals surface area contributed by atoms with Gasteiger partial charge in [-0.3, -0.25) is 9.78 Å². The Morgan fingerprint density at radius 3 is 2.88 bits per heavy atom. The molecule has 2 saturated heterocycles. The number of carbonyl (C=O) groups is 1. The molecule has 3 fully saturated rings. The monoisotopic (exact) mass is 330 g/mol. The summed E-state index contributed by atoms with van der Waals surface area (Å²) < 4.78 is 12.3. The molecule has 3 aliphatic rings. The van der Waals surface area contributed by atoms with E-state index in [0.29, 0.717) is 11.7 Å². The van der Waals surface area contributed by atoms with Gasteiger partial charge in [-0.05, 0) is 50.2 Å². The topological polar surface area (TPSA) is 51.7 Å². The molecule has 1 amide bonds. The predicted octanol–water partition coefficient (Wildman–Crippen LogP) is 2.66. The lowest BCUT2D eigenvalue weighted by atomic mass is 9.83. The molecule has 1 saturated carbocycles. The molecule has 1 aliphatic carbocycles. The Morgan fingerprint density at radius 1 is 1.33 bits per heavy atom. The van der Waals surface area contributed by atoms with Crippen LogP contribution in [0.25, 0.3) is 0 Å². The third-order valence-corrected chi connectivity index (χ3v) is 5.58. The normalized spacial score (nSPS) is 26.5. The maximum atomic E-state index is 12.5. The fraction of sp³-hybridized carbons (Fsp3) is 0.684. The molecule has 3 heterocycles. The van der Waals surface area contributed by atoms with Gasteiger partial charge in [0.15, 0.2) is 0 Å². The van der Waals surface area contributed by atoms with E-state index in [4.69, 9.17) is 9.47 Å². The number of ether oxygens (including phenoxy) is 2. The van der Waals surface area contributed by atoms with Gasteiger partial charge >= 0.3 is 0 Å². The number of aromatic nitrogens is 1. The molecule has 1 unspecified atom stereocenters. The Bertz CT molecular complexity index is 565. The highest BCUT2D eigenvalue weighted by atomic mass is 16.5. The van der Waals surface area contributed by atoms with Gasteiger partial charge < -0.3 is 14.4 Å². The van der Waals surface area contributed by atoms with Crippen molar-refractivity contribution in [1.82, 2.24) is 9.88 Å². The van der Waals surface area contributed by atoms with E-state index in [0.717, 1.165) is 57.9 Å². The minimum absolute atomic E-state index is 0.0790. The largest absolute Gasteiger partial charge is 0.378 e. The summed E-state index contributed by atoms with van der Waals surface area (Å²) in [7, 11) is 0. The molecule has 1 atom stereocenters. The zero-order valence-corrected chi connectivity index (χ0v) is 14.2. The second kappa shape index (κ2) is 6.81. The first kappa shape index (κ1) is 16.0. The van der Waals surface area contributed by atoms with E-state index in [9.17, 15) is 4.79 Å². The van der Waals surface area contributed by atoms with Crippen LogP contribution >= 0.6 is 0 Å². The molecule has 1 aromatic heterocycles. The van der Waals surface area contributed by atoms with Crippen LogP contribution in [0.4, 0.5) is 0 Å². The van der Waals surface area contributed by atoms with Crippen LogP contribution in [0.2, 0.25) is 0 Å². The number of pyridine rings is 1. The summed E-state index contributed by atoms with van der Waals surface area (Å²) in [5, 5.41) is 0. The SMILES string of the molecule is O=C(c1cccnc1)N1CCC2(CC1)CC(OCC1CC1)CCO2. The molecular formula is C19H26N2O3. The molecule has 0 bridgehead atoms. The third-order valence-electron chi connectivity index (χ3n) is 5.58. The van der Waals surface area contributed by atoms with E-state index in [1.54, 1.807) is 12.4 Å². The van der Waals surface area contributed by atoms with Crippen LogP contribution in [-0.4, -0.2) is 53.8 Å². The maximum Gasteiger partial charge on any atom is 0.255 e. The van der Waals surface area contributed by atoms with Crippen LogP contribution in [0.15, 0.2) is 24.5 Å². The summed E-state index contributed by atoms with van der Waals surface area (Å²) in [5.41, 5.74) is 0.585. The molecule has 1 aromatic rings. The van der Waals surface area contributed by atoms with E-state index in [1.807, 2.05) is 17.0 Å². The zero-order chi connectivity index (χ0) is 16.4. The molecule has 5 nitrogen and oxygen atoms in total. The maximum absolute atomic E-state index is 12.5. The van der Waals surface area contributed by atoms with E-state index in [-0.39, 0.29) is 11.5 Å². The van der Waals surface area contributed by atoms with E-state index < -0.39 is 0 Å². The fourth-order valence-corrected chi connectivity index (χ4v) is 3.82. The number of amides is 1. The fourth-order valence-electron chi connectivity index (χ4n) is 3.82. The number of hydrogen-bond donors (Lipinski definition) is 0. The molecule has 0 radical (unpaired) electrons. The minimum Gasteiger partial charge on any atom is -0.378 e. The first-order chi connectivity index (χ1) is 11.7. The highest BCUT2D eigenvalue weighted by Crippen LogP contribution is 2.37. The number of carbonyl (C=O) groups excluding carboxylic acids is 1. The summed E-state index contributed by atoms with van der Waals surface area (Å²) in [5.74, 6) is 0.887. The smallest absolute Gasteiger partial charge is 0.255 e. The Hall–Kier alpha value is -1.46. The van der Waals surface area contributed by atoms with Crippen LogP contribution in [0.3, 0.4) is 0 Å². The van der Waals surface area contributed by atoms with Crippen LogP contribution in [0.5, 0.6) is 0 Å². The lowest BCUT2D eigenvalue weighted by Gasteiger charge is -2.46. The van der Waals surface area contributed by atoms with Crippen LogP contribution in [0.1, 0.15) is 48.9 Å². The van der Waals surface area contributed by atoms with Gasteiger partial charge in [0.2, 0.25) is 0 Å². The second-order valence-corrected chi connectivity index (χ2v) is 7.46. The van der Waals surface area contributed by atoms with Gasteiger partial charge in [-0.2, -0.15) is 0 Å². The molecule has 4 rings (SSSR count). The molecule has 0 aromatic carbocycles. The van der Waals surface area contributed by atoms with E-state index >= 15 is 0 Å². The summed E-state index contributed by atoms with van der Waals surface area (Å²) in [6.45, 7) is 3.21. The standard InChI is InChI=1S/C19H26N2O3/c22-18(16-2-1-8-20-13-16)21-9-6-19(7-10-21)12-17(5-11-24-19)23-14-15-3-4-15/h1-2,8,13,15,17H,3-7,9-12,14H2. The van der Waals surface area contributed by atoms with Gasteiger partial charge in [0.1, 0.15) is 0 Å². The van der Waals surface area contributed by atoms with Crippen molar-refractivity contribution < 1.29 is 14.3 Å².